The van der Waals surface area contributed by atoms with E-state index in [0.717, 1.165) is 46.6 Å². The summed E-state index contributed by atoms with van der Waals surface area (Å²) < 4.78 is 1.87. The van der Waals surface area contributed by atoms with Crippen molar-refractivity contribution >= 4 is 11.6 Å². The monoisotopic (exact) mass is 358 g/mol. The Morgan fingerprint density at radius 3 is 2.59 bits per heavy atom. The van der Waals surface area contributed by atoms with Crippen LogP contribution in [0.1, 0.15) is 37.9 Å². The number of hydrogen-bond donors (Lipinski definition) is 0. The van der Waals surface area contributed by atoms with Crippen molar-refractivity contribution in [2.45, 2.75) is 45.1 Å². The third-order valence-corrected chi connectivity index (χ3v) is 5.67. The van der Waals surface area contributed by atoms with Gasteiger partial charge in [0, 0.05) is 35.3 Å². The Kier molecular flexibility index (Phi) is 3.32. The second kappa shape index (κ2) is 5.52. The third-order valence-electron chi connectivity index (χ3n) is 5.67. The average molecular weight is 358 g/mol. The van der Waals surface area contributed by atoms with Crippen LogP contribution in [0.2, 0.25) is 0 Å². The maximum Gasteiger partial charge on any atom is 0.237 e. The van der Waals surface area contributed by atoms with Crippen molar-refractivity contribution in [3.05, 3.63) is 60.2 Å². The van der Waals surface area contributed by atoms with Crippen molar-refractivity contribution in [1.82, 2.24) is 14.8 Å². The molecule has 3 aromatic rings. The molecule has 0 spiro atoms. The quantitative estimate of drug-likeness (QED) is 0.710. The van der Waals surface area contributed by atoms with Crippen LogP contribution in [-0.2, 0) is 10.2 Å². The van der Waals surface area contributed by atoms with Gasteiger partial charge in [-0.15, -0.1) is 0 Å². The van der Waals surface area contributed by atoms with E-state index in [4.69, 9.17) is 0 Å². The number of pyridine rings is 1. The molecule has 1 aliphatic carbocycles. The van der Waals surface area contributed by atoms with Crippen molar-refractivity contribution in [2.75, 3.05) is 4.90 Å². The Balaban J connectivity index is 1.54. The number of hydrogen-bond acceptors (Lipinski definition) is 3. The summed E-state index contributed by atoms with van der Waals surface area (Å²) in [5.74, 6) is 0.212. The molecule has 0 saturated heterocycles. The molecule has 0 radical (unpaired) electrons. The first kappa shape index (κ1) is 16.2. The van der Waals surface area contributed by atoms with E-state index in [0.29, 0.717) is 6.04 Å². The number of aryl methyl sites for hydroxylation is 1. The summed E-state index contributed by atoms with van der Waals surface area (Å²) >= 11 is 0. The van der Waals surface area contributed by atoms with Crippen molar-refractivity contribution in [3.63, 3.8) is 0 Å². The minimum absolute atomic E-state index is 0.212. The van der Waals surface area contributed by atoms with Crippen LogP contribution in [0.15, 0.2) is 48.9 Å². The van der Waals surface area contributed by atoms with E-state index in [1.165, 1.54) is 0 Å². The molecule has 1 aliphatic heterocycles. The topological polar surface area (TPSA) is 51.0 Å². The molecule has 5 rings (SSSR count). The average Bonchev–Trinajstić information content (AvgIpc) is 3.32. The lowest BCUT2D eigenvalue weighted by molar-refractivity contribution is -0.122. The molecule has 0 atom stereocenters. The zero-order chi connectivity index (χ0) is 18.8. The maximum atomic E-state index is 12.9. The number of fused-ring (bicyclic) bond motifs is 1. The lowest BCUT2D eigenvalue weighted by atomic mass is 9.86. The molecule has 2 aromatic heterocycles. The number of aromatic nitrogens is 3. The van der Waals surface area contributed by atoms with Crippen molar-refractivity contribution in [2.24, 2.45) is 0 Å². The first-order valence-corrected chi connectivity index (χ1v) is 9.41. The van der Waals surface area contributed by atoms with Crippen molar-refractivity contribution < 1.29 is 4.79 Å². The summed E-state index contributed by atoms with van der Waals surface area (Å²) in [6.45, 7) is 6.02. The van der Waals surface area contributed by atoms with E-state index in [-0.39, 0.29) is 5.91 Å². The molecule has 0 N–H and O–H groups in total. The Labute approximate surface area is 158 Å². The van der Waals surface area contributed by atoms with Gasteiger partial charge in [0.2, 0.25) is 5.91 Å². The highest BCUT2D eigenvalue weighted by atomic mass is 16.2. The van der Waals surface area contributed by atoms with Crippen LogP contribution in [0.25, 0.3) is 16.8 Å². The second-order valence-electron chi connectivity index (χ2n) is 8.09. The smallest absolute Gasteiger partial charge is 0.237 e. The molecule has 5 nitrogen and oxygen atoms in total. The summed E-state index contributed by atoms with van der Waals surface area (Å²) in [5.41, 5.74) is 5.73. The molecular weight excluding hydrogens is 336 g/mol. The fourth-order valence-corrected chi connectivity index (χ4v) is 3.86. The van der Waals surface area contributed by atoms with Gasteiger partial charge in [0.05, 0.1) is 23.0 Å². The SMILES string of the molecule is Cc1ccc(-c2cnn(-c3ccc4c(c3)N(C3CC3)C(=O)C4(C)C)c2)cn1. The molecule has 0 bridgehead atoms. The summed E-state index contributed by atoms with van der Waals surface area (Å²) in [5, 5.41) is 4.54. The molecule has 0 unspecified atom stereocenters. The van der Waals surface area contributed by atoms with Crippen LogP contribution in [0.5, 0.6) is 0 Å². The molecule has 1 saturated carbocycles. The van der Waals surface area contributed by atoms with E-state index in [1.807, 2.05) is 55.0 Å². The maximum absolute atomic E-state index is 12.9. The zero-order valence-electron chi connectivity index (χ0n) is 15.8. The Morgan fingerprint density at radius 1 is 1.07 bits per heavy atom. The van der Waals surface area contributed by atoms with Crippen LogP contribution in [-0.4, -0.2) is 26.7 Å². The standard InChI is InChI=1S/C22H22N4O/c1-14-4-5-15(11-23-14)16-12-24-25(13-16)18-8-9-19-20(10-18)26(17-6-7-17)21(27)22(19,2)3/h4-5,8-13,17H,6-7H2,1-3H3. The Hall–Kier alpha value is -2.95. The van der Waals surface area contributed by atoms with E-state index in [2.05, 4.69) is 34.3 Å². The van der Waals surface area contributed by atoms with Gasteiger partial charge in [-0.05, 0) is 57.4 Å². The van der Waals surface area contributed by atoms with Gasteiger partial charge in [-0.1, -0.05) is 12.1 Å². The van der Waals surface area contributed by atoms with Crippen molar-refractivity contribution in [3.8, 4) is 16.8 Å². The van der Waals surface area contributed by atoms with E-state index in [9.17, 15) is 4.79 Å². The summed E-state index contributed by atoms with van der Waals surface area (Å²) in [7, 11) is 0. The first-order chi connectivity index (χ1) is 12.9. The lowest BCUT2D eigenvalue weighted by Gasteiger charge is -2.19. The fourth-order valence-electron chi connectivity index (χ4n) is 3.86. The number of nitrogens with zero attached hydrogens (tertiary/aromatic N) is 4. The molecule has 27 heavy (non-hydrogen) atoms. The highest BCUT2D eigenvalue weighted by Gasteiger charge is 2.49. The predicted molar refractivity (Wildman–Crippen MR) is 105 cm³/mol. The summed E-state index contributed by atoms with van der Waals surface area (Å²) in [4.78, 5) is 19.3. The van der Waals surface area contributed by atoms with Gasteiger partial charge in [-0.25, -0.2) is 4.68 Å². The van der Waals surface area contributed by atoms with Gasteiger partial charge in [0.25, 0.3) is 0 Å². The summed E-state index contributed by atoms with van der Waals surface area (Å²) in [6.07, 6.45) is 7.93. The first-order valence-electron chi connectivity index (χ1n) is 9.41. The van der Waals surface area contributed by atoms with Crippen LogP contribution < -0.4 is 4.90 Å². The number of benzene rings is 1. The Morgan fingerprint density at radius 2 is 1.89 bits per heavy atom. The summed E-state index contributed by atoms with van der Waals surface area (Å²) in [6, 6.07) is 10.7. The van der Waals surface area contributed by atoms with Gasteiger partial charge in [0.15, 0.2) is 0 Å². The molecule has 1 aromatic carbocycles. The van der Waals surface area contributed by atoms with Gasteiger partial charge < -0.3 is 4.90 Å². The number of carbonyl (C=O) groups is 1. The highest BCUT2D eigenvalue weighted by Crippen LogP contribution is 2.47. The normalized spacial score (nSPS) is 18.0. The third kappa shape index (κ3) is 2.49. The number of carbonyl (C=O) groups excluding carboxylic acids is 1. The lowest BCUT2D eigenvalue weighted by Crippen LogP contribution is -2.37. The van der Waals surface area contributed by atoms with E-state index >= 15 is 0 Å². The highest BCUT2D eigenvalue weighted by molar-refractivity contribution is 6.08. The number of anilines is 1. The number of rotatable bonds is 3. The van der Waals surface area contributed by atoms with Crippen LogP contribution in [0, 0.1) is 6.92 Å². The molecule has 2 aliphatic rings. The molecular formula is C22H22N4O. The molecule has 5 heteroatoms. The van der Waals surface area contributed by atoms with Crippen molar-refractivity contribution in [1.29, 1.82) is 0 Å². The van der Waals surface area contributed by atoms with Gasteiger partial charge in [-0.2, -0.15) is 5.10 Å². The molecule has 136 valence electrons. The molecule has 1 fully saturated rings. The largest absolute Gasteiger partial charge is 0.308 e. The Bertz CT molecular complexity index is 1040. The van der Waals surface area contributed by atoms with Crippen LogP contribution in [0.4, 0.5) is 5.69 Å². The van der Waals surface area contributed by atoms with Crippen LogP contribution >= 0.6 is 0 Å². The fraction of sp³-hybridized carbons (Fsp3) is 0.318. The minimum Gasteiger partial charge on any atom is -0.308 e. The minimum atomic E-state index is -0.459. The number of amides is 1. The van der Waals surface area contributed by atoms with Gasteiger partial charge in [0.1, 0.15) is 0 Å². The molecule has 3 heterocycles. The van der Waals surface area contributed by atoms with Crippen LogP contribution in [0.3, 0.4) is 0 Å². The molecule has 1 amide bonds. The predicted octanol–water partition coefficient (Wildman–Crippen LogP) is 4.03. The van der Waals surface area contributed by atoms with E-state index < -0.39 is 5.41 Å². The van der Waals surface area contributed by atoms with Gasteiger partial charge >= 0.3 is 0 Å². The van der Waals surface area contributed by atoms with E-state index in [1.54, 1.807) is 0 Å². The second-order valence-corrected chi connectivity index (χ2v) is 8.09. The zero-order valence-corrected chi connectivity index (χ0v) is 15.8. The van der Waals surface area contributed by atoms with Gasteiger partial charge in [-0.3, -0.25) is 9.78 Å².